The maximum Gasteiger partial charge on any atom is 0.228 e. The first-order valence-corrected chi connectivity index (χ1v) is 7.90. The van der Waals surface area contributed by atoms with Gasteiger partial charge < -0.3 is 15.8 Å². The molecule has 7 heteroatoms. The van der Waals surface area contributed by atoms with E-state index in [4.69, 9.17) is 10.5 Å². The Labute approximate surface area is 157 Å². The standard InChI is InChI=1S/C17H27N3O2.2ClH/c1-17(2,20-8-10-22-11-9-20)13-19-16(21)15(12-18)14-6-4-3-5-7-14;;/h3-7,15H,8-13,18H2,1-2H3,(H,19,21);2*1H. The number of nitrogens with zero attached hydrogens (tertiary/aromatic N) is 1. The van der Waals surface area contributed by atoms with Crippen LogP contribution in [0, 0.1) is 0 Å². The molecule has 1 saturated heterocycles. The van der Waals surface area contributed by atoms with Gasteiger partial charge in [0.15, 0.2) is 0 Å². The van der Waals surface area contributed by atoms with Crippen LogP contribution in [-0.4, -0.2) is 55.7 Å². The minimum absolute atomic E-state index is 0. The highest BCUT2D eigenvalue weighted by molar-refractivity contribution is 5.85. The van der Waals surface area contributed by atoms with Gasteiger partial charge in [-0.25, -0.2) is 0 Å². The van der Waals surface area contributed by atoms with E-state index in [1.165, 1.54) is 0 Å². The van der Waals surface area contributed by atoms with Gasteiger partial charge in [-0.1, -0.05) is 30.3 Å². The quantitative estimate of drug-likeness (QED) is 0.792. The van der Waals surface area contributed by atoms with Crippen molar-refractivity contribution in [3.63, 3.8) is 0 Å². The average molecular weight is 378 g/mol. The molecule has 2 rings (SSSR count). The lowest BCUT2D eigenvalue weighted by atomic mass is 9.97. The second-order valence-corrected chi connectivity index (χ2v) is 6.33. The Morgan fingerprint density at radius 3 is 2.38 bits per heavy atom. The van der Waals surface area contributed by atoms with E-state index in [2.05, 4.69) is 24.1 Å². The lowest BCUT2D eigenvalue weighted by Gasteiger charge is -2.41. The van der Waals surface area contributed by atoms with E-state index in [0.29, 0.717) is 13.1 Å². The van der Waals surface area contributed by atoms with Crippen LogP contribution in [-0.2, 0) is 9.53 Å². The molecule has 1 heterocycles. The molecule has 24 heavy (non-hydrogen) atoms. The predicted molar refractivity (Wildman–Crippen MR) is 102 cm³/mol. The van der Waals surface area contributed by atoms with Crippen LogP contribution in [0.15, 0.2) is 30.3 Å². The Morgan fingerprint density at radius 2 is 1.83 bits per heavy atom. The number of rotatable bonds is 6. The highest BCUT2D eigenvalue weighted by atomic mass is 35.5. The van der Waals surface area contributed by atoms with Crippen molar-refractivity contribution in [3.05, 3.63) is 35.9 Å². The zero-order valence-electron chi connectivity index (χ0n) is 14.4. The van der Waals surface area contributed by atoms with E-state index >= 15 is 0 Å². The summed E-state index contributed by atoms with van der Waals surface area (Å²) >= 11 is 0. The van der Waals surface area contributed by atoms with E-state index in [1.54, 1.807) is 0 Å². The number of morpholine rings is 1. The zero-order valence-corrected chi connectivity index (χ0v) is 16.0. The number of carbonyl (C=O) groups is 1. The molecule has 1 fully saturated rings. The van der Waals surface area contributed by atoms with Gasteiger partial charge in [-0.2, -0.15) is 0 Å². The van der Waals surface area contributed by atoms with Crippen molar-refractivity contribution in [1.82, 2.24) is 10.2 Å². The number of ether oxygens (including phenoxy) is 1. The summed E-state index contributed by atoms with van der Waals surface area (Å²) in [6, 6.07) is 9.71. The van der Waals surface area contributed by atoms with Gasteiger partial charge in [0.25, 0.3) is 0 Å². The molecular formula is C17H29Cl2N3O2. The third-order valence-electron chi connectivity index (χ3n) is 4.32. The SMILES string of the molecule is CC(C)(CNC(=O)C(CN)c1ccccc1)N1CCOCC1.Cl.Cl. The highest BCUT2D eigenvalue weighted by Gasteiger charge is 2.29. The third kappa shape index (κ3) is 6.22. The van der Waals surface area contributed by atoms with Gasteiger partial charge >= 0.3 is 0 Å². The molecule has 0 radical (unpaired) electrons. The van der Waals surface area contributed by atoms with Gasteiger partial charge in [0.2, 0.25) is 5.91 Å². The number of carbonyl (C=O) groups excluding carboxylic acids is 1. The Morgan fingerprint density at radius 1 is 1.25 bits per heavy atom. The highest BCUT2D eigenvalue weighted by Crippen LogP contribution is 2.17. The van der Waals surface area contributed by atoms with E-state index in [1.807, 2.05) is 30.3 Å². The van der Waals surface area contributed by atoms with Crippen LogP contribution >= 0.6 is 24.8 Å². The molecule has 5 nitrogen and oxygen atoms in total. The van der Waals surface area contributed by atoms with Crippen LogP contribution in [0.25, 0.3) is 0 Å². The van der Waals surface area contributed by atoms with Crippen molar-refractivity contribution in [3.8, 4) is 0 Å². The van der Waals surface area contributed by atoms with Crippen LogP contribution in [0.4, 0.5) is 0 Å². The molecule has 1 aliphatic heterocycles. The second kappa shape index (κ2) is 10.9. The van der Waals surface area contributed by atoms with Crippen LogP contribution in [0.5, 0.6) is 0 Å². The Kier molecular flexibility index (Phi) is 10.5. The van der Waals surface area contributed by atoms with Crippen molar-refractivity contribution < 1.29 is 9.53 Å². The topological polar surface area (TPSA) is 67.6 Å². The number of nitrogens with two attached hydrogens (primary N) is 1. The lowest BCUT2D eigenvalue weighted by molar-refractivity contribution is -0.123. The molecule has 0 saturated carbocycles. The van der Waals surface area contributed by atoms with E-state index < -0.39 is 0 Å². The zero-order chi connectivity index (χ0) is 16.0. The van der Waals surface area contributed by atoms with Gasteiger partial charge in [0, 0.05) is 31.7 Å². The number of amides is 1. The fourth-order valence-electron chi connectivity index (χ4n) is 2.79. The van der Waals surface area contributed by atoms with Crippen LogP contribution in [0.3, 0.4) is 0 Å². The molecule has 1 aliphatic rings. The molecule has 0 aliphatic carbocycles. The number of halogens is 2. The van der Waals surface area contributed by atoms with Crippen LogP contribution in [0.2, 0.25) is 0 Å². The minimum Gasteiger partial charge on any atom is -0.379 e. The number of benzene rings is 1. The van der Waals surface area contributed by atoms with Gasteiger partial charge in [-0.15, -0.1) is 24.8 Å². The summed E-state index contributed by atoms with van der Waals surface area (Å²) in [7, 11) is 0. The monoisotopic (exact) mass is 377 g/mol. The minimum atomic E-state index is -0.290. The van der Waals surface area contributed by atoms with Crippen molar-refractivity contribution in [1.29, 1.82) is 0 Å². The molecular weight excluding hydrogens is 349 g/mol. The molecule has 1 unspecified atom stereocenters. The Hall–Kier alpha value is -0.850. The average Bonchev–Trinajstić information content (AvgIpc) is 2.56. The molecule has 1 atom stereocenters. The number of hydrogen-bond donors (Lipinski definition) is 2. The first kappa shape index (κ1) is 23.1. The Bertz CT molecular complexity index is 480. The first-order valence-electron chi connectivity index (χ1n) is 7.90. The van der Waals surface area contributed by atoms with Crippen LogP contribution < -0.4 is 11.1 Å². The molecule has 1 aromatic carbocycles. The molecule has 1 amide bonds. The second-order valence-electron chi connectivity index (χ2n) is 6.33. The van der Waals surface area contributed by atoms with Crippen molar-refractivity contribution in [2.24, 2.45) is 5.73 Å². The first-order chi connectivity index (χ1) is 10.5. The molecule has 0 spiro atoms. The lowest BCUT2D eigenvalue weighted by Crippen LogP contribution is -2.55. The van der Waals surface area contributed by atoms with Crippen molar-refractivity contribution in [2.45, 2.75) is 25.3 Å². The van der Waals surface area contributed by atoms with E-state index in [0.717, 1.165) is 31.9 Å². The maximum atomic E-state index is 12.5. The maximum absolute atomic E-state index is 12.5. The molecule has 0 bridgehead atoms. The summed E-state index contributed by atoms with van der Waals surface area (Å²) in [6.07, 6.45) is 0. The van der Waals surface area contributed by atoms with Crippen molar-refractivity contribution in [2.75, 3.05) is 39.4 Å². The van der Waals surface area contributed by atoms with E-state index in [-0.39, 0.29) is 42.2 Å². The summed E-state index contributed by atoms with van der Waals surface area (Å²) in [5.74, 6) is -0.295. The normalized spacial score (nSPS) is 16.5. The summed E-state index contributed by atoms with van der Waals surface area (Å²) in [6.45, 7) is 8.55. The molecule has 1 aromatic rings. The summed E-state index contributed by atoms with van der Waals surface area (Å²) < 4.78 is 5.39. The summed E-state index contributed by atoms with van der Waals surface area (Å²) in [5, 5.41) is 3.07. The van der Waals surface area contributed by atoms with E-state index in [9.17, 15) is 4.79 Å². The predicted octanol–water partition coefficient (Wildman–Crippen LogP) is 1.80. The van der Waals surface area contributed by atoms with Gasteiger partial charge in [-0.05, 0) is 19.4 Å². The van der Waals surface area contributed by atoms with Crippen molar-refractivity contribution >= 4 is 30.7 Å². The molecule has 0 aromatic heterocycles. The summed E-state index contributed by atoms with van der Waals surface area (Å²) in [4.78, 5) is 14.8. The Balaban J connectivity index is 0.00000264. The fourth-order valence-corrected chi connectivity index (χ4v) is 2.79. The third-order valence-corrected chi connectivity index (χ3v) is 4.32. The number of hydrogen-bond acceptors (Lipinski definition) is 4. The van der Waals surface area contributed by atoms with Gasteiger partial charge in [0.1, 0.15) is 0 Å². The smallest absolute Gasteiger partial charge is 0.228 e. The number of nitrogens with one attached hydrogen (secondary N) is 1. The fraction of sp³-hybridized carbons (Fsp3) is 0.588. The van der Waals surface area contributed by atoms with Crippen LogP contribution in [0.1, 0.15) is 25.3 Å². The summed E-state index contributed by atoms with van der Waals surface area (Å²) in [5.41, 5.74) is 6.68. The van der Waals surface area contributed by atoms with Gasteiger partial charge in [-0.3, -0.25) is 9.69 Å². The largest absolute Gasteiger partial charge is 0.379 e. The molecule has 3 N–H and O–H groups in total. The van der Waals surface area contributed by atoms with Gasteiger partial charge in [0.05, 0.1) is 19.1 Å². The molecule has 138 valence electrons.